The first-order valence-electron chi connectivity index (χ1n) is 4.52. The molecular formula is C9H13BrN2O2. The molecule has 0 unspecified atom stereocenters. The van der Waals surface area contributed by atoms with Gasteiger partial charge in [0.25, 0.3) is 0 Å². The van der Waals surface area contributed by atoms with Crippen molar-refractivity contribution < 1.29 is 9.21 Å². The number of aryl methyl sites for hydroxylation is 1. The van der Waals surface area contributed by atoms with Gasteiger partial charge in [0, 0.05) is 18.2 Å². The Bertz CT molecular complexity index is 299. The number of carbonyl (C=O) groups excluding carboxylic acids is 1. The number of halogens is 1. The van der Waals surface area contributed by atoms with Gasteiger partial charge in [-0.05, 0) is 0 Å². The highest BCUT2D eigenvalue weighted by atomic mass is 79.9. The first-order valence-corrected chi connectivity index (χ1v) is 5.64. The van der Waals surface area contributed by atoms with Crippen molar-refractivity contribution in [3.8, 4) is 0 Å². The van der Waals surface area contributed by atoms with E-state index in [-0.39, 0.29) is 5.91 Å². The van der Waals surface area contributed by atoms with Gasteiger partial charge in [0.2, 0.25) is 11.8 Å². The van der Waals surface area contributed by atoms with E-state index in [9.17, 15) is 4.79 Å². The molecule has 0 bridgehead atoms. The van der Waals surface area contributed by atoms with Gasteiger partial charge in [-0.15, -0.1) is 0 Å². The third-order valence-corrected chi connectivity index (χ3v) is 2.10. The predicted octanol–water partition coefficient (Wildman–Crippen LogP) is 1.64. The van der Waals surface area contributed by atoms with E-state index >= 15 is 0 Å². The van der Waals surface area contributed by atoms with Crippen LogP contribution in [0.15, 0.2) is 10.6 Å². The van der Waals surface area contributed by atoms with Crippen LogP contribution in [0.4, 0.5) is 0 Å². The van der Waals surface area contributed by atoms with Gasteiger partial charge in [-0.1, -0.05) is 22.9 Å². The van der Waals surface area contributed by atoms with Gasteiger partial charge in [0.1, 0.15) is 5.76 Å². The fourth-order valence-electron chi connectivity index (χ4n) is 0.942. The van der Waals surface area contributed by atoms with Crippen LogP contribution in [0.25, 0.3) is 0 Å². The van der Waals surface area contributed by atoms with Gasteiger partial charge in [-0.25, -0.2) is 4.98 Å². The Morgan fingerprint density at radius 1 is 1.71 bits per heavy atom. The highest BCUT2D eigenvalue weighted by Crippen LogP contribution is 2.03. The SMILES string of the molecule is CCc1cnc(CNC(=O)CCBr)o1. The maximum atomic E-state index is 11.1. The van der Waals surface area contributed by atoms with Crippen LogP contribution >= 0.6 is 15.9 Å². The number of nitrogens with one attached hydrogen (secondary N) is 1. The molecule has 78 valence electrons. The summed E-state index contributed by atoms with van der Waals surface area (Å²) in [5.74, 6) is 1.40. The second kappa shape index (κ2) is 5.80. The molecule has 14 heavy (non-hydrogen) atoms. The zero-order valence-electron chi connectivity index (χ0n) is 8.05. The van der Waals surface area contributed by atoms with E-state index in [4.69, 9.17) is 4.42 Å². The fourth-order valence-corrected chi connectivity index (χ4v) is 1.30. The van der Waals surface area contributed by atoms with Crippen molar-refractivity contribution in [3.05, 3.63) is 17.8 Å². The van der Waals surface area contributed by atoms with E-state index in [1.807, 2.05) is 6.92 Å². The number of hydrogen-bond donors (Lipinski definition) is 1. The van der Waals surface area contributed by atoms with Crippen LogP contribution in [0.1, 0.15) is 25.0 Å². The van der Waals surface area contributed by atoms with Crippen molar-refractivity contribution in [3.63, 3.8) is 0 Å². The number of carbonyl (C=O) groups is 1. The Kier molecular flexibility index (Phi) is 4.65. The molecule has 1 N–H and O–H groups in total. The molecule has 0 aromatic carbocycles. The van der Waals surface area contributed by atoms with E-state index in [0.717, 1.165) is 12.2 Å². The number of rotatable bonds is 5. The molecule has 0 aliphatic carbocycles. The average Bonchev–Trinajstić information content (AvgIpc) is 2.63. The molecule has 4 nitrogen and oxygen atoms in total. The molecule has 1 rings (SSSR count). The van der Waals surface area contributed by atoms with Crippen LogP contribution < -0.4 is 5.32 Å². The molecule has 0 fully saturated rings. The number of nitrogens with zero attached hydrogens (tertiary/aromatic N) is 1. The normalized spacial score (nSPS) is 10.1. The smallest absolute Gasteiger partial charge is 0.221 e. The summed E-state index contributed by atoms with van der Waals surface area (Å²) >= 11 is 3.19. The molecular weight excluding hydrogens is 248 g/mol. The Labute approximate surface area is 91.2 Å². The van der Waals surface area contributed by atoms with Crippen LogP contribution in [0.3, 0.4) is 0 Å². The van der Waals surface area contributed by atoms with Gasteiger partial charge < -0.3 is 9.73 Å². The summed E-state index contributed by atoms with van der Waals surface area (Å²) in [5, 5.41) is 3.38. The largest absolute Gasteiger partial charge is 0.444 e. The molecule has 0 saturated carbocycles. The Hall–Kier alpha value is -0.840. The lowest BCUT2D eigenvalue weighted by Gasteiger charge is -1.99. The summed E-state index contributed by atoms with van der Waals surface area (Å²) in [5.41, 5.74) is 0. The van der Waals surface area contributed by atoms with E-state index < -0.39 is 0 Å². The van der Waals surface area contributed by atoms with Crippen molar-refractivity contribution in [2.45, 2.75) is 26.3 Å². The highest BCUT2D eigenvalue weighted by molar-refractivity contribution is 9.09. The molecule has 0 aliphatic rings. The maximum Gasteiger partial charge on any atom is 0.221 e. The molecule has 0 radical (unpaired) electrons. The number of amides is 1. The molecule has 1 amide bonds. The monoisotopic (exact) mass is 260 g/mol. The minimum Gasteiger partial charge on any atom is -0.444 e. The minimum atomic E-state index is -0.00174. The highest BCUT2D eigenvalue weighted by Gasteiger charge is 2.04. The third-order valence-electron chi connectivity index (χ3n) is 1.71. The molecule has 0 saturated heterocycles. The molecule has 1 aromatic heterocycles. The number of oxazole rings is 1. The molecule has 1 heterocycles. The Balaban J connectivity index is 2.34. The molecule has 0 atom stereocenters. The van der Waals surface area contributed by atoms with Crippen LogP contribution in [0.2, 0.25) is 0 Å². The molecule has 0 aliphatic heterocycles. The molecule has 1 aromatic rings. The van der Waals surface area contributed by atoms with Crippen molar-refractivity contribution in [1.29, 1.82) is 0 Å². The summed E-state index contributed by atoms with van der Waals surface area (Å²) in [4.78, 5) is 15.1. The topological polar surface area (TPSA) is 55.1 Å². The van der Waals surface area contributed by atoms with E-state index in [1.54, 1.807) is 6.20 Å². The first kappa shape index (κ1) is 11.2. The Morgan fingerprint density at radius 2 is 2.50 bits per heavy atom. The van der Waals surface area contributed by atoms with Crippen molar-refractivity contribution in [1.82, 2.24) is 10.3 Å². The van der Waals surface area contributed by atoms with Crippen LogP contribution in [-0.4, -0.2) is 16.2 Å². The van der Waals surface area contributed by atoms with E-state index in [0.29, 0.717) is 24.2 Å². The van der Waals surface area contributed by atoms with Crippen LogP contribution in [-0.2, 0) is 17.8 Å². The standard InChI is InChI=1S/C9H13BrN2O2/c1-2-7-5-12-9(14-7)6-11-8(13)3-4-10/h5H,2-4,6H2,1H3,(H,11,13). The van der Waals surface area contributed by atoms with Gasteiger partial charge in [0.05, 0.1) is 12.7 Å². The number of aromatic nitrogens is 1. The summed E-state index contributed by atoms with van der Waals surface area (Å²) < 4.78 is 5.32. The summed E-state index contributed by atoms with van der Waals surface area (Å²) in [6.07, 6.45) is 2.98. The second-order valence-corrected chi connectivity index (χ2v) is 3.58. The Morgan fingerprint density at radius 3 is 3.07 bits per heavy atom. The van der Waals surface area contributed by atoms with Crippen molar-refractivity contribution in [2.24, 2.45) is 0 Å². The fraction of sp³-hybridized carbons (Fsp3) is 0.556. The zero-order chi connectivity index (χ0) is 10.4. The number of alkyl halides is 1. The van der Waals surface area contributed by atoms with Crippen molar-refractivity contribution in [2.75, 3.05) is 5.33 Å². The van der Waals surface area contributed by atoms with Crippen LogP contribution in [0, 0.1) is 0 Å². The summed E-state index contributed by atoms with van der Waals surface area (Å²) in [7, 11) is 0. The molecule has 0 spiro atoms. The maximum absolute atomic E-state index is 11.1. The van der Waals surface area contributed by atoms with Gasteiger partial charge in [-0.3, -0.25) is 4.79 Å². The zero-order valence-corrected chi connectivity index (χ0v) is 9.63. The van der Waals surface area contributed by atoms with Gasteiger partial charge in [0.15, 0.2) is 0 Å². The first-order chi connectivity index (χ1) is 6.76. The van der Waals surface area contributed by atoms with Crippen molar-refractivity contribution >= 4 is 21.8 Å². The second-order valence-electron chi connectivity index (χ2n) is 2.79. The average molecular weight is 261 g/mol. The van der Waals surface area contributed by atoms with Crippen LogP contribution in [0.5, 0.6) is 0 Å². The van der Waals surface area contributed by atoms with Gasteiger partial charge in [-0.2, -0.15) is 0 Å². The van der Waals surface area contributed by atoms with E-state index in [1.165, 1.54) is 0 Å². The molecule has 5 heteroatoms. The van der Waals surface area contributed by atoms with Gasteiger partial charge >= 0.3 is 0 Å². The minimum absolute atomic E-state index is 0.00174. The lowest BCUT2D eigenvalue weighted by molar-refractivity contribution is -0.120. The van der Waals surface area contributed by atoms with E-state index in [2.05, 4.69) is 26.2 Å². The summed E-state index contributed by atoms with van der Waals surface area (Å²) in [6.45, 7) is 2.36. The number of hydrogen-bond acceptors (Lipinski definition) is 3. The lowest BCUT2D eigenvalue weighted by Crippen LogP contribution is -2.22. The summed E-state index contributed by atoms with van der Waals surface area (Å²) in [6, 6.07) is 0. The predicted molar refractivity (Wildman–Crippen MR) is 56.1 cm³/mol. The quantitative estimate of drug-likeness (QED) is 0.820. The third kappa shape index (κ3) is 3.49. The lowest BCUT2D eigenvalue weighted by atomic mass is 10.4.